The lowest BCUT2D eigenvalue weighted by atomic mass is 10.2. The highest BCUT2D eigenvalue weighted by Crippen LogP contribution is 2.20. The van der Waals surface area contributed by atoms with E-state index in [4.69, 9.17) is 16.3 Å². The average molecular weight is 383 g/mol. The maximum Gasteiger partial charge on any atom is 0.224 e. The van der Waals surface area contributed by atoms with Crippen molar-refractivity contribution in [1.82, 2.24) is 0 Å². The summed E-state index contributed by atoms with van der Waals surface area (Å²) in [5, 5.41) is 3.59. The lowest BCUT2D eigenvalue weighted by Crippen LogP contribution is -2.13. The first-order valence-electron chi connectivity index (χ1n) is 6.99. The molecule has 0 radical (unpaired) electrons. The van der Waals surface area contributed by atoms with E-state index in [9.17, 15) is 4.79 Å². The van der Waals surface area contributed by atoms with Gasteiger partial charge in [0.1, 0.15) is 5.75 Å². The second kappa shape index (κ2) is 8.20. The zero-order valence-electron chi connectivity index (χ0n) is 12.2. The molecular formula is C17H17BrClNO2. The van der Waals surface area contributed by atoms with E-state index < -0.39 is 0 Å². The zero-order valence-corrected chi connectivity index (χ0v) is 14.6. The van der Waals surface area contributed by atoms with Crippen molar-refractivity contribution in [3.63, 3.8) is 0 Å². The van der Waals surface area contributed by atoms with Crippen molar-refractivity contribution in [2.75, 3.05) is 11.9 Å². The first-order chi connectivity index (χ1) is 10.5. The molecule has 0 spiro atoms. The van der Waals surface area contributed by atoms with Crippen LogP contribution in [0.5, 0.6) is 5.75 Å². The van der Waals surface area contributed by atoms with Crippen LogP contribution in [0.2, 0.25) is 5.02 Å². The number of ether oxygens (including phenoxy) is 1. The Labute approximate surface area is 143 Å². The SMILES string of the molecule is Cc1cc(Br)ccc1NC(=O)CCCOc1ccc(Cl)cc1. The van der Waals surface area contributed by atoms with Gasteiger partial charge in [0.05, 0.1) is 6.61 Å². The van der Waals surface area contributed by atoms with E-state index in [1.807, 2.05) is 37.3 Å². The van der Waals surface area contributed by atoms with Crippen molar-refractivity contribution in [1.29, 1.82) is 0 Å². The van der Waals surface area contributed by atoms with Gasteiger partial charge in [-0.05, 0) is 61.4 Å². The number of halogens is 2. The van der Waals surface area contributed by atoms with Gasteiger partial charge in [0.2, 0.25) is 5.91 Å². The van der Waals surface area contributed by atoms with Crippen LogP contribution >= 0.6 is 27.5 Å². The molecule has 0 saturated heterocycles. The van der Waals surface area contributed by atoms with Crippen LogP contribution in [0.4, 0.5) is 5.69 Å². The average Bonchev–Trinajstić information content (AvgIpc) is 2.48. The Hall–Kier alpha value is -1.52. The number of rotatable bonds is 6. The van der Waals surface area contributed by atoms with E-state index in [1.54, 1.807) is 12.1 Å². The Bertz CT molecular complexity index is 644. The second-order valence-corrected chi connectivity index (χ2v) is 6.27. The van der Waals surface area contributed by atoms with E-state index >= 15 is 0 Å². The van der Waals surface area contributed by atoms with Gasteiger partial charge in [-0.2, -0.15) is 0 Å². The van der Waals surface area contributed by atoms with Crippen molar-refractivity contribution >= 4 is 39.1 Å². The van der Waals surface area contributed by atoms with Crippen LogP contribution in [0.3, 0.4) is 0 Å². The second-order valence-electron chi connectivity index (χ2n) is 4.91. The molecule has 2 aromatic rings. The third-order valence-corrected chi connectivity index (χ3v) is 3.84. The summed E-state index contributed by atoms with van der Waals surface area (Å²) in [6, 6.07) is 13.0. The number of amides is 1. The van der Waals surface area contributed by atoms with Crippen LogP contribution in [0.25, 0.3) is 0 Å². The summed E-state index contributed by atoms with van der Waals surface area (Å²) in [7, 11) is 0. The summed E-state index contributed by atoms with van der Waals surface area (Å²) in [6.07, 6.45) is 1.08. The molecule has 2 rings (SSSR count). The molecule has 0 fully saturated rings. The number of hydrogen-bond acceptors (Lipinski definition) is 2. The van der Waals surface area contributed by atoms with Gasteiger partial charge in [0, 0.05) is 21.6 Å². The maximum atomic E-state index is 11.9. The Morgan fingerprint density at radius 1 is 1.23 bits per heavy atom. The van der Waals surface area contributed by atoms with E-state index in [2.05, 4.69) is 21.2 Å². The zero-order chi connectivity index (χ0) is 15.9. The number of aryl methyl sites for hydroxylation is 1. The maximum absolute atomic E-state index is 11.9. The molecule has 0 heterocycles. The quantitative estimate of drug-likeness (QED) is 0.697. The van der Waals surface area contributed by atoms with Crippen LogP contribution < -0.4 is 10.1 Å². The molecule has 0 aliphatic carbocycles. The fraction of sp³-hybridized carbons (Fsp3) is 0.235. The smallest absolute Gasteiger partial charge is 0.224 e. The molecule has 0 aliphatic rings. The Morgan fingerprint density at radius 3 is 2.64 bits per heavy atom. The van der Waals surface area contributed by atoms with E-state index in [0.29, 0.717) is 24.5 Å². The summed E-state index contributed by atoms with van der Waals surface area (Å²) in [5.41, 5.74) is 1.87. The van der Waals surface area contributed by atoms with Gasteiger partial charge >= 0.3 is 0 Å². The molecule has 0 aliphatic heterocycles. The van der Waals surface area contributed by atoms with Gasteiger partial charge in [-0.15, -0.1) is 0 Å². The molecule has 3 nitrogen and oxygen atoms in total. The third kappa shape index (κ3) is 5.35. The highest BCUT2D eigenvalue weighted by atomic mass is 79.9. The topological polar surface area (TPSA) is 38.3 Å². The third-order valence-electron chi connectivity index (χ3n) is 3.09. The Morgan fingerprint density at radius 2 is 1.95 bits per heavy atom. The highest BCUT2D eigenvalue weighted by molar-refractivity contribution is 9.10. The van der Waals surface area contributed by atoms with Crippen molar-refractivity contribution < 1.29 is 9.53 Å². The molecule has 1 amide bonds. The van der Waals surface area contributed by atoms with Crippen molar-refractivity contribution in [3.8, 4) is 5.75 Å². The fourth-order valence-electron chi connectivity index (χ4n) is 1.93. The molecule has 1 N–H and O–H groups in total. The van der Waals surface area contributed by atoms with Crippen molar-refractivity contribution in [2.24, 2.45) is 0 Å². The van der Waals surface area contributed by atoms with E-state index in [0.717, 1.165) is 21.5 Å². The number of hydrogen-bond donors (Lipinski definition) is 1. The number of carbonyl (C=O) groups excluding carboxylic acids is 1. The molecule has 0 aromatic heterocycles. The monoisotopic (exact) mass is 381 g/mol. The molecule has 0 saturated carbocycles. The van der Waals surface area contributed by atoms with Gasteiger partial charge < -0.3 is 10.1 Å². The lowest BCUT2D eigenvalue weighted by molar-refractivity contribution is -0.116. The molecule has 116 valence electrons. The molecule has 0 bridgehead atoms. The van der Waals surface area contributed by atoms with E-state index in [1.165, 1.54) is 0 Å². The summed E-state index contributed by atoms with van der Waals surface area (Å²) in [6.45, 7) is 2.46. The van der Waals surface area contributed by atoms with Crippen LogP contribution in [0, 0.1) is 6.92 Å². The predicted molar refractivity (Wildman–Crippen MR) is 93.7 cm³/mol. The minimum atomic E-state index is -0.00914. The van der Waals surface area contributed by atoms with Gasteiger partial charge in [0.15, 0.2) is 0 Å². The molecule has 0 unspecified atom stereocenters. The number of anilines is 1. The van der Waals surface area contributed by atoms with Crippen LogP contribution in [0.1, 0.15) is 18.4 Å². The van der Waals surface area contributed by atoms with Gasteiger partial charge in [-0.3, -0.25) is 4.79 Å². The number of nitrogens with one attached hydrogen (secondary N) is 1. The Kier molecular flexibility index (Phi) is 6.28. The van der Waals surface area contributed by atoms with Crippen LogP contribution in [-0.4, -0.2) is 12.5 Å². The largest absolute Gasteiger partial charge is 0.494 e. The lowest BCUT2D eigenvalue weighted by Gasteiger charge is -2.09. The Balaban J connectivity index is 1.72. The minimum absolute atomic E-state index is 0.00914. The number of carbonyl (C=O) groups is 1. The van der Waals surface area contributed by atoms with Gasteiger partial charge in [-0.1, -0.05) is 27.5 Å². The molecular weight excluding hydrogens is 366 g/mol. The summed E-state index contributed by atoms with van der Waals surface area (Å²) in [5.74, 6) is 0.749. The summed E-state index contributed by atoms with van der Waals surface area (Å²) < 4.78 is 6.56. The normalized spacial score (nSPS) is 10.3. The standard InChI is InChI=1S/C17H17BrClNO2/c1-12-11-13(18)4-9-16(12)20-17(21)3-2-10-22-15-7-5-14(19)6-8-15/h4-9,11H,2-3,10H2,1H3,(H,20,21). The predicted octanol–water partition coefficient (Wildman–Crippen LogP) is 5.21. The minimum Gasteiger partial charge on any atom is -0.494 e. The highest BCUT2D eigenvalue weighted by Gasteiger charge is 2.05. The summed E-state index contributed by atoms with van der Waals surface area (Å²) in [4.78, 5) is 11.9. The first kappa shape index (κ1) is 16.8. The van der Waals surface area contributed by atoms with E-state index in [-0.39, 0.29) is 5.91 Å². The molecule has 2 aromatic carbocycles. The van der Waals surface area contributed by atoms with Crippen LogP contribution in [-0.2, 0) is 4.79 Å². The molecule has 0 atom stereocenters. The van der Waals surface area contributed by atoms with Crippen molar-refractivity contribution in [3.05, 3.63) is 57.5 Å². The first-order valence-corrected chi connectivity index (χ1v) is 8.16. The van der Waals surface area contributed by atoms with Gasteiger partial charge in [0.25, 0.3) is 0 Å². The number of benzene rings is 2. The summed E-state index contributed by atoms with van der Waals surface area (Å²) >= 11 is 9.21. The molecule has 5 heteroatoms. The fourth-order valence-corrected chi connectivity index (χ4v) is 2.54. The van der Waals surface area contributed by atoms with Crippen molar-refractivity contribution in [2.45, 2.75) is 19.8 Å². The van der Waals surface area contributed by atoms with Gasteiger partial charge in [-0.25, -0.2) is 0 Å². The van der Waals surface area contributed by atoms with Crippen LogP contribution in [0.15, 0.2) is 46.9 Å². The molecule has 22 heavy (non-hydrogen) atoms.